The van der Waals surface area contributed by atoms with E-state index in [4.69, 9.17) is 4.74 Å². The minimum atomic E-state index is -1.06. The van der Waals surface area contributed by atoms with E-state index in [-0.39, 0.29) is 10.4 Å². The lowest BCUT2D eigenvalue weighted by Gasteiger charge is -2.09. The highest BCUT2D eigenvalue weighted by atomic mass is 32.1. The van der Waals surface area contributed by atoms with E-state index in [9.17, 15) is 14.7 Å². The number of ether oxygens (including phenoxy) is 1. The summed E-state index contributed by atoms with van der Waals surface area (Å²) in [5.41, 5.74) is 2.69. The van der Waals surface area contributed by atoms with Gasteiger partial charge in [0.25, 0.3) is 5.56 Å². The number of fused-ring (bicyclic) bond motifs is 1. The third-order valence-electron chi connectivity index (χ3n) is 4.64. The van der Waals surface area contributed by atoms with E-state index < -0.39 is 5.97 Å². The van der Waals surface area contributed by atoms with Gasteiger partial charge in [0.05, 0.1) is 30.2 Å². The number of aromatic nitrogens is 4. The summed E-state index contributed by atoms with van der Waals surface area (Å²) in [4.78, 5) is 35.6. The summed E-state index contributed by atoms with van der Waals surface area (Å²) >= 11 is 0.996. The normalized spacial score (nSPS) is 11.4. The van der Waals surface area contributed by atoms with Crippen molar-refractivity contribution in [1.82, 2.24) is 19.5 Å². The Hall–Kier alpha value is -3.72. The summed E-state index contributed by atoms with van der Waals surface area (Å²) < 4.78 is 7.39. The van der Waals surface area contributed by atoms with Crippen LogP contribution in [0.3, 0.4) is 0 Å². The van der Waals surface area contributed by atoms with Crippen LogP contribution >= 0.6 is 11.3 Å². The highest BCUT2D eigenvalue weighted by Gasteiger charge is 2.18. The van der Waals surface area contributed by atoms with Crippen LogP contribution in [0.1, 0.15) is 32.3 Å². The van der Waals surface area contributed by atoms with Gasteiger partial charge in [-0.25, -0.2) is 14.8 Å². The van der Waals surface area contributed by atoms with Crippen molar-refractivity contribution < 1.29 is 14.6 Å². The maximum Gasteiger partial charge on any atom is 0.346 e. The van der Waals surface area contributed by atoms with E-state index in [2.05, 4.69) is 15.0 Å². The molecule has 0 fully saturated rings. The van der Waals surface area contributed by atoms with E-state index >= 15 is 0 Å². The fourth-order valence-electron chi connectivity index (χ4n) is 3.18. The molecule has 0 radical (unpaired) electrons. The number of methoxy groups -OCH3 is 1. The van der Waals surface area contributed by atoms with Gasteiger partial charge in [-0.15, -0.1) is 11.3 Å². The van der Waals surface area contributed by atoms with Crippen molar-refractivity contribution in [2.75, 3.05) is 7.11 Å². The van der Waals surface area contributed by atoms with E-state index in [0.717, 1.165) is 28.3 Å². The van der Waals surface area contributed by atoms with Gasteiger partial charge in [-0.3, -0.25) is 4.79 Å². The summed E-state index contributed by atoms with van der Waals surface area (Å²) in [5, 5.41) is 9.59. The Kier molecular flexibility index (Phi) is 4.96. The molecule has 0 spiro atoms. The topological polar surface area (TPSA) is 110 Å². The first-order valence-electron chi connectivity index (χ1n) is 9.01. The number of imidazole rings is 1. The highest BCUT2D eigenvalue weighted by Crippen LogP contribution is 2.28. The number of rotatable bonds is 5. The Morgan fingerprint density at radius 1 is 1.30 bits per heavy atom. The van der Waals surface area contributed by atoms with E-state index in [1.807, 2.05) is 35.9 Å². The number of aromatic amines is 1. The maximum absolute atomic E-state index is 12.4. The quantitative estimate of drug-likeness (QED) is 0.508. The van der Waals surface area contributed by atoms with Gasteiger partial charge in [0, 0.05) is 6.20 Å². The monoisotopic (exact) mass is 422 g/mol. The smallest absolute Gasteiger partial charge is 0.346 e. The number of thiophene rings is 1. The highest BCUT2D eigenvalue weighted by molar-refractivity contribution is 7.20. The van der Waals surface area contributed by atoms with Gasteiger partial charge in [0.1, 0.15) is 21.3 Å². The fourth-order valence-corrected chi connectivity index (χ4v) is 4.21. The van der Waals surface area contributed by atoms with Gasteiger partial charge in [0.15, 0.2) is 0 Å². The number of hydrogen-bond donors (Lipinski definition) is 2. The average Bonchev–Trinajstić information content (AvgIpc) is 3.29. The third-order valence-corrected chi connectivity index (χ3v) is 5.81. The fraction of sp³-hybridized carbons (Fsp3) is 0.143. The predicted molar refractivity (Wildman–Crippen MR) is 116 cm³/mol. The standard InChI is InChI=1S/C21H18N4O4S/c1-11-9-25(10-22-11)14-6-4-13(8-15(14)29-3)5-7-16-23-19(26)17-12(2)18(21(27)28)30-20(17)24-16/h4-10H,1-3H3,(H,27,28)(H,23,24,26)/b7-5+. The third kappa shape index (κ3) is 3.50. The van der Waals surface area contributed by atoms with Crippen LogP contribution in [0.4, 0.5) is 0 Å². The minimum Gasteiger partial charge on any atom is -0.495 e. The van der Waals surface area contributed by atoms with Gasteiger partial charge in [-0.05, 0) is 43.2 Å². The first-order chi connectivity index (χ1) is 14.4. The van der Waals surface area contributed by atoms with Crippen LogP contribution in [0.2, 0.25) is 0 Å². The molecule has 0 amide bonds. The predicted octanol–water partition coefficient (Wildman–Crippen LogP) is 3.66. The molecule has 0 aliphatic carbocycles. The van der Waals surface area contributed by atoms with Crippen LogP contribution < -0.4 is 10.3 Å². The van der Waals surface area contributed by atoms with Gasteiger partial charge in [-0.1, -0.05) is 12.1 Å². The first-order valence-corrected chi connectivity index (χ1v) is 9.83. The molecule has 2 N–H and O–H groups in total. The summed E-state index contributed by atoms with van der Waals surface area (Å²) in [7, 11) is 1.60. The zero-order chi connectivity index (χ0) is 21.4. The van der Waals surface area contributed by atoms with Crippen LogP contribution in [-0.2, 0) is 0 Å². The van der Waals surface area contributed by atoms with Crippen molar-refractivity contribution in [2.45, 2.75) is 13.8 Å². The molecule has 0 bridgehead atoms. The van der Waals surface area contributed by atoms with Crippen molar-refractivity contribution >= 4 is 39.7 Å². The van der Waals surface area contributed by atoms with E-state index in [0.29, 0.717) is 27.4 Å². The van der Waals surface area contributed by atoms with Crippen LogP contribution in [0.5, 0.6) is 5.75 Å². The maximum atomic E-state index is 12.4. The molecular weight excluding hydrogens is 404 g/mol. The molecule has 0 aliphatic rings. The summed E-state index contributed by atoms with van der Waals surface area (Å²) in [6, 6.07) is 5.70. The molecule has 0 saturated heterocycles. The number of benzene rings is 1. The van der Waals surface area contributed by atoms with Gasteiger partial charge < -0.3 is 19.4 Å². The van der Waals surface area contributed by atoms with E-state index in [1.165, 1.54) is 0 Å². The lowest BCUT2D eigenvalue weighted by atomic mass is 10.1. The van der Waals surface area contributed by atoms with Crippen molar-refractivity contribution in [3.63, 3.8) is 0 Å². The van der Waals surface area contributed by atoms with Gasteiger partial charge in [-0.2, -0.15) is 0 Å². The molecule has 0 unspecified atom stereocenters. The van der Waals surface area contributed by atoms with Crippen molar-refractivity contribution in [1.29, 1.82) is 0 Å². The number of nitrogens with zero attached hydrogens (tertiary/aromatic N) is 3. The van der Waals surface area contributed by atoms with Gasteiger partial charge >= 0.3 is 5.97 Å². The number of carboxylic acid groups (broad SMARTS) is 1. The minimum absolute atomic E-state index is 0.124. The Balaban J connectivity index is 1.69. The molecular formula is C21H18N4O4S. The Morgan fingerprint density at radius 3 is 2.77 bits per heavy atom. The van der Waals surface area contributed by atoms with Gasteiger partial charge in [0.2, 0.25) is 0 Å². The number of hydrogen-bond acceptors (Lipinski definition) is 6. The number of H-pyrrole nitrogens is 1. The molecule has 1 aromatic carbocycles. The first kappa shape index (κ1) is 19.6. The van der Waals surface area contributed by atoms with E-state index in [1.54, 1.807) is 32.5 Å². The zero-order valence-corrected chi connectivity index (χ0v) is 17.3. The largest absolute Gasteiger partial charge is 0.495 e. The lowest BCUT2D eigenvalue weighted by molar-refractivity contribution is 0.0701. The number of carboxylic acids is 1. The SMILES string of the molecule is COc1cc(/C=C/c2nc3sc(C(=O)O)c(C)c3c(=O)[nH]2)ccc1-n1cnc(C)c1. The molecule has 3 heterocycles. The summed E-state index contributed by atoms with van der Waals surface area (Å²) in [6.45, 7) is 3.53. The van der Waals surface area contributed by atoms with Crippen LogP contribution in [0.15, 0.2) is 35.5 Å². The number of aryl methyl sites for hydroxylation is 2. The van der Waals surface area contributed by atoms with Crippen LogP contribution in [0, 0.1) is 13.8 Å². The van der Waals surface area contributed by atoms with Crippen molar-refractivity contribution in [2.24, 2.45) is 0 Å². The molecule has 4 aromatic rings. The second-order valence-corrected chi connectivity index (χ2v) is 7.68. The van der Waals surface area contributed by atoms with Crippen molar-refractivity contribution in [3.8, 4) is 11.4 Å². The number of aromatic carboxylic acids is 1. The van der Waals surface area contributed by atoms with Crippen LogP contribution in [-0.4, -0.2) is 37.7 Å². The Bertz CT molecular complexity index is 1360. The average molecular weight is 422 g/mol. The second kappa shape index (κ2) is 7.60. The molecule has 0 saturated carbocycles. The molecule has 4 rings (SSSR count). The molecule has 8 nitrogen and oxygen atoms in total. The zero-order valence-electron chi connectivity index (χ0n) is 16.5. The molecule has 3 aromatic heterocycles. The second-order valence-electron chi connectivity index (χ2n) is 6.68. The molecule has 0 aliphatic heterocycles. The lowest BCUT2D eigenvalue weighted by Crippen LogP contribution is -2.09. The molecule has 152 valence electrons. The van der Waals surface area contributed by atoms with Crippen LogP contribution in [0.25, 0.3) is 28.1 Å². The Labute approximate surface area is 175 Å². The summed E-state index contributed by atoms with van der Waals surface area (Å²) in [6.07, 6.45) is 7.10. The molecule has 30 heavy (non-hydrogen) atoms. The Morgan fingerprint density at radius 2 is 2.10 bits per heavy atom. The molecule has 0 atom stereocenters. The summed E-state index contributed by atoms with van der Waals surface area (Å²) in [5.74, 6) is -0.0438. The number of nitrogens with one attached hydrogen (secondary N) is 1. The number of carbonyl (C=O) groups is 1. The van der Waals surface area contributed by atoms with Crippen molar-refractivity contribution in [3.05, 3.63) is 68.6 Å². The molecule has 9 heteroatoms.